The molecule has 3 unspecified atom stereocenters. The summed E-state index contributed by atoms with van der Waals surface area (Å²) in [6.07, 6.45) is 5.83. The van der Waals surface area contributed by atoms with Crippen molar-refractivity contribution in [2.75, 3.05) is 6.26 Å². The fraction of sp³-hybridized carbons (Fsp3) is 0.692. The Morgan fingerprint density at radius 2 is 2.28 bits per heavy atom. The second-order valence-corrected chi connectivity index (χ2v) is 8.68. The van der Waals surface area contributed by atoms with Crippen LogP contribution in [0.15, 0.2) is 17.5 Å². The predicted molar refractivity (Wildman–Crippen MR) is 76.6 cm³/mol. The molecule has 1 aromatic heterocycles. The number of hydrogen-bond donors (Lipinski definition) is 1. The van der Waals surface area contributed by atoms with Crippen LogP contribution in [0.4, 0.5) is 0 Å². The van der Waals surface area contributed by atoms with Gasteiger partial charge in [-0.05, 0) is 43.0 Å². The van der Waals surface area contributed by atoms with E-state index in [9.17, 15) is 8.42 Å². The van der Waals surface area contributed by atoms with E-state index in [1.165, 1.54) is 11.1 Å². The first-order chi connectivity index (χ1) is 8.47. The predicted octanol–water partition coefficient (Wildman–Crippen LogP) is 2.22. The van der Waals surface area contributed by atoms with Gasteiger partial charge in [0.25, 0.3) is 0 Å². The molecule has 0 saturated heterocycles. The molecule has 1 heterocycles. The van der Waals surface area contributed by atoms with Crippen molar-refractivity contribution in [1.82, 2.24) is 0 Å². The van der Waals surface area contributed by atoms with Crippen LogP contribution in [0.25, 0.3) is 0 Å². The Kier molecular flexibility index (Phi) is 4.45. The van der Waals surface area contributed by atoms with E-state index >= 15 is 0 Å². The first-order valence-corrected chi connectivity index (χ1v) is 9.27. The first kappa shape index (κ1) is 14.0. The summed E-state index contributed by atoms with van der Waals surface area (Å²) >= 11 is 1.72. The Bertz CT molecular complexity index is 467. The van der Waals surface area contributed by atoms with Crippen LogP contribution in [0.2, 0.25) is 0 Å². The second-order valence-electron chi connectivity index (χ2n) is 5.33. The zero-order valence-electron chi connectivity index (χ0n) is 10.7. The van der Waals surface area contributed by atoms with Crippen molar-refractivity contribution in [1.29, 1.82) is 0 Å². The highest BCUT2D eigenvalue weighted by Gasteiger charge is 2.31. The lowest BCUT2D eigenvalue weighted by molar-refractivity contribution is 0.304. The molecule has 102 valence electrons. The van der Waals surface area contributed by atoms with Crippen LogP contribution in [0.1, 0.15) is 30.6 Å². The van der Waals surface area contributed by atoms with Crippen LogP contribution < -0.4 is 5.73 Å². The van der Waals surface area contributed by atoms with Gasteiger partial charge < -0.3 is 5.73 Å². The molecule has 1 aliphatic rings. The molecule has 1 fully saturated rings. The molecule has 2 rings (SSSR count). The topological polar surface area (TPSA) is 60.2 Å². The van der Waals surface area contributed by atoms with E-state index in [4.69, 9.17) is 5.73 Å². The number of nitrogens with two attached hydrogens (primary N) is 1. The fourth-order valence-electron chi connectivity index (χ4n) is 2.79. The van der Waals surface area contributed by atoms with Gasteiger partial charge in [-0.25, -0.2) is 8.42 Å². The molecule has 1 saturated carbocycles. The molecule has 3 nitrogen and oxygen atoms in total. The summed E-state index contributed by atoms with van der Waals surface area (Å²) in [5, 5.41) is 1.88. The zero-order chi connectivity index (χ0) is 13.2. The summed E-state index contributed by atoms with van der Waals surface area (Å²) in [5.41, 5.74) is 6.26. The van der Waals surface area contributed by atoms with Crippen molar-refractivity contribution in [3.63, 3.8) is 0 Å². The molecule has 18 heavy (non-hydrogen) atoms. The smallest absolute Gasteiger partial charge is 0.150 e. The summed E-state index contributed by atoms with van der Waals surface area (Å²) in [6, 6.07) is 4.22. The highest BCUT2D eigenvalue weighted by molar-refractivity contribution is 7.91. The molecule has 1 aliphatic carbocycles. The molecule has 0 aromatic carbocycles. The van der Waals surface area contributed by atoms with Gasteiger partial charge in [-0.2, -0.15) is 0 Å². The Morgan fingerprint density at radius 1 is 1.50 bits per heavy atom. The molecular weight excluding hydrogens is 266 g/mol. The zero-order valence-corrected chi connectivity index (χ0v) is 12.3. The molecule has 0 radical (unpaired) electrons. The standard InChI is InChI=1S/C13H21NO2S2/c1-18(15,16)12-6-2-4-10(8-12)13(14)9-11-5-3-7-17-11/h3,5,7,10,12-13H,2,4,6,8-9,14H2,1H3. The number of sulfone groups is 1. The van der Waals surface area contributed by atoms with E-state index in [0.717, 1.165) is 32.1 Å². The molecule has 3 atom stereocenters. The van der Waals surface area contributed by atoms with Gasteiger partial charge in [0.1, 0.15) is 9.84 Å². The third kappa shape index (κ3) is 3.56. The summed E-state index contributed by atoms with van der Waals surface area (Å²) < 4.78 is 23.3. The largest absolute Gasteiger partial charge is 0.327 e. The van der Waals surface area contributed by atoms with E-state index in [2.05, 4.69) is 11.4 Å². The van der Waals surface area contributed by atoms with Crippen molar-refractivity contribution < 1.29 is 8.42 Å². The van der Waals surface area contributed by atoms with E-state index in [1.54, 1.807) is 11.3 Å². The normalized spacial score (nSPS) is 27.0. The monoisotopic (exact) mass is 287 g/mol. The van der Waals surface area contributed by atoms with Crippen molar-refractivity contribution in [3.05, 3.63) is 22.4 Å². The summed E-state index contributed by atoms with van der Waals surface area (Å²) in [6.45, 7) is 0. The molecule has 0 aliphatic heterocycles. The minimum absolute atomic E-state index is 0.0909. The Hall–Kier alpha value is -0.390. The Morgan fingerprint density at radius 3 is 2.89 bits per heavy atom. The van der Waals surface area contributed by atoms with E-state index in [-0.39, 0.29) is 11.3 Å². The summed E-state index contributed by atoms with van der Waals surface area (Å²) in [5.74, 6) is 0.348. The van der Waals surface area contributed by atoms with E-state index in [1.807, 2.05) is 6.07 Å². The maximum Gasteiger partial charge on any atom is 0.150 e. The minimum Gasteiger partial charge on any atom is -0.327 e. The molecule has 0 spiro atoms. The van der Waals surface area contributed by atoms with Crippen LogP contribution >= 0.6 is 11.3 Å². The molecule has 5 heteroatoms. The number of thiophene rings is 1. The van der Waals surface area contributed by atoms with Gasteiger partial charge in [-0.1, -0.05) is 12.5 Å². The van der Waals surface area contributed by atoms with Crippen molar-refractivity contribution in [3.8, 4) is 0 Å². The third-order valence-corrected chi connectivity index (χ3v) is 6.43. The molecule has 2 N–H and O–H groups in total. The highest BCUT2D eigenvalue weighted by atomic mass is 32.2. The van der Waals surface area contributed by atoms with E-state index in [0.29, 0.717) is 5.92 Å². The maximum atomic E-state index is 11.6. The fourth-order valence-corrected chi connectivity index (χ4v) is 4.76. The first-order valence-electron chi connectivity index (χ1n) is 6.43. The van der Waals surface area contributed by atoms with Crippen molar-refractivity contribution in [2.45, 2.75) is 43.4 Å². The average Bonchev–Trinajstić information content (AvgIpc) is 2.81. The van der Waals surface area contributed by atoms with Crippen LogP contribution in [0.5, 0.6) is 0 Å². The maximum absolute atomic E-state index is 11.6. The van der Waals surface area contributed by atoms with Gasteiger partial charge in [0, 0.05) is 17.2 Å². The summed E-state index contributed by atoms with van der Waals surface area (Å²) in [4.78, 5) is 1.30. The van der Waals surface area contributed by atoms with Crippen molar-refractivity contribution >= 4 is 21.2 Å². The average molecular weight is 287 g/mol. The Balaban J connectivity index is 1.96. The van der Waals surface area contributed by atoms with Gasteiger partial charge in [-0.15, -0.1) is 11.3 Å². The quantitative estimate of drug-likeness (QED) is 0.923. The molecule has 0 bridgehead atoms. The van der Waals surface area contributed by atoms with E-state index < -0.39 is 9.84 Å². The minimum atomic E-state index is -2.91. The van der Waals surface area contributed by atoms with Gasteiger partial charge in [0.2, 0.25) is 0 Å². The Labute approximate surface area is 113 Å². The van der Waals surface area contributed by atoms with Crippen LogP contribution in [0.3, 0.4) is 0 Å². The second kappa shape index (κ2) is 5.72. The number of hydrogen-bond acceptors (Lipinski definition) is 4. The van der Waals surface area contributed by atoms with Gasteiger partial charge in [0.15, 0.2) is 0 Å². The van der Waals surface area contributed by atoms with Gasteiger partial charge in [0.05, 0.1) is 5.25 Å². The van der Waals surface area contributed by atoms with Gasteiger partial charge >= 0.3 is 0 Å². The lowest BCUT2D eigenvalue weighted by atomic mass is 9.82. The molecular formula is C13H21NO2S2. The lowest BCUT2D eigenvalue weighted by Gasteiger charge is -2.31. The lowest BCUT2D eigenvalue weighted by Crippen LogP contribution is -2.38. The SMILES string of the molecule is CS(=O)(=O)C1CCCC(C(N)Cc2cccs2)C1. The molecule has 0 amide bonds. The van der Waals surface area contributed by atoms with Crippen molar-refractivity contribution in [2.24, 2.45) is 11.7 Å². The van der Waals surface area contributed by atoms with Crippen LogP contribution in [-0.4, -0.2) is 26.0 Å². The number of rotatable bonds is 4. The molecule has 1 aromatic rings. The van der Waals surface area contributed by atoms with Crippen LogP contribution in [0, 0.1) is 5.92 Å². The van der Waals surface area contributed by atoms with Crippen LogP contribution in [-0.2, 0) is 16.3 Å². The highest BCUT2D eigenvalue weighted by Crippen LogP contribution is 2.31. The summed E-state index contributed by atoms with van der Waals surface area (Å²) in [7, 11) is -2.91. The van der Waals surface area contributed by atoms with Gasteiger partial charge in [-0.3, -0.25) is 0 Å². The third-order valence-electron chi connectivity index (χ3n) is 3.89.